The van der Waals surface area contributed by atoms with E-state index < -0.39 is 46.6 Å². The lowest BCUT2D eigenvalue weighted by atomic mass is 10.1. The first-order valence-corrected chi connectivity index (χ1v) is 6.31. The quantitative estimate of drug-likeness (QED) is 0.591. The highest BCUT2D eigenvalue weighted by Crippen LogP contribution is 2.39. The highest BCUT2D eigenvalue weighted by molar-refractivity contribution is 5.41. The zero-order valence-electron chi connectivity index (χ0n) is 11.8. The summed E-state index contributed by atoms with van der Waals surface area (Å²) >= 11 is 0. The van der Waals surface area contributed by atoms with E-state index >= 15 is 0 Å². The van der Waals surface area contributed by atoms with Gasteiger partial charge in [0, 0.05) is 6.07 Å². The summed E-state index contributed by atoms with van der Waals surface area (Å²) in [5.74, 6) is -3.79. The third-order valence-corrected chi connectivity index (χ3v) is 3.00. The van der Waals surface area contributed by atoms with Crippen molar-refractivity contribution in [3.05, 3.63) is 58.7 Å². The van der Waals surface area contributed by atoms with Crippen LogP contribution in [0.25, 0.3) is 0 Å². The Labute approximate surface area is 130 Å². The van der Waals surface area contributed by atoms with Crippen LogP contribution >= 0.6 is 0 Å². The minimum Gasteiger partial charge on any atom is -0.454 e. The van der Waals surface area contributed by atoms with Crippen LogP contribution in [0.5, 0.6) is 11.5 Å². The molecule has 0 aromatic heterocycles. The second kappa shape index (κ2) is 5.95. The fourth-order valence-electron chi connectivity index (χ4n) is 1.82. The zero-order valence-corrected chi connectivity index (χ0v) is 11.8. The summed E-state index contributed by atoms with van der Waals surface area (Å²) < 4.78 is 108. The lowest BCUT2D eigenvalue weighted by molar-refractivity contribution is -0.143. The van der Waals surface area contributed by atoms with E-state index in [-0.39, 0.29) is 23.8 Å². The summed E-state index contributed by atoms with van der Waals surface area (Å²) in [7, 11) is 0. The number of hydrogen-bond donors (Lipinski definition) is 0. The Morgan fingerprint density at radius 2 is 1.21 bits per heavy atom. The lowest BCUT2D eigenvalue weighted by Crippen LogP contribution is -2.11. The molecule has 0 heterocycles. The SMILES string of the molecule is Cc1cc(F)c(Oc2cc(C(F)(F)F)cc(C(F)(F)F)c2)cc1F. The van der Waals surface area contributed by atoms with E-state index in [1.54, 1.807) is 0 Å². The van der Waals surface area contributed by atoms with E-state index in [1.165, 1.54) is 6.92 Å². The Kier molecular flexibility index (Phi) is 4.47. The first-order chi connectivity index (χ1) is 10.9. The van der Waals surface area contributed by atoms with Crippen LogP contribution in [0.3, 0.4) is 0 Å². The van der Waals surface area contributed by atoms with Crippen LogP contribution in [-0.4, -0.2) is 0 Å². The monoisotopic (exact) mass is 356 g/mol. The standard InChI is InChI=1S/C15H8F8O/c1-7-2-12(17)13(6-11(7)16)24-10-4-8(14(18,19)20)3-9(5-10)15(21,22)23/h2-6H,1H3. The number of aryl methyl sites for hydroxylation is 1. The van der Waals surface area contributed by atoms with Gasteiger partial charge >= 0.3 is 12.4 Å². The first-order valence-electron chi connectivity index (χ1n) is 6.31. The first kappa shape index (κ1) is 18.0. The third-order valence-electron chi connectivity index (χ3n) is 3.00. The average Bonchev–Trinajstić information content (AvgIpc) is 2.42. The van der Waals surface area contributed by atoms with E-state index in [9.17, 15) is 35.1 Å². The molecule has 0 bridgehead atoms. The largest absolute Gasteiger partial charge is 0.454 e. The van der Waals surface area contributed by atoms with Crippen LogP contribution in [0.1, 0.15) is 16.7 Å². The Morgan fingerprint density at radius 1 is 0.708 bits per heavy atom. The average molecular weight is 356 g/mol. The van der Waals surface area contributed by atoms with Crippen LogP contribution in [0, 0.1) is 18.6 Å². The molecule has 130 valence electrons. The summed E-state index contributed by atoms with van der Waals surface area (Å²) in [6.45, 7) is 1.23. The fourth-order valence-corrected chi connectivity index (χ4v) is 1.82. The predicted molar refractivity (Wildman–Crippen MR) is 67.6 cm³/mol. The van der Waals surface area contributed by atoms with Gasteiger partial charge in [-0.15, -0.1) is 0 Å². The van der Waals surface area contributed by atoms with Gasteiger partial charge in [0.1, 0.15) is 11.6 Å². The molecule has 0 atom stereocenters. The second-order valence-corrected chi connectivity index (χ2v) is 4.88. The second-order valence-electron chi connectivity index (χ2n) is 4.88. The van der Waals surface area contributed by atoms with Crippen molar-refractivity contribution < 1.29 is 39.9 Å². The summed E-state index contributed by atoms with van der Waals surface area (Å²) in [5, 5.41) is 0. The highest BCUT2D eigenvalue weighted by Gasteiger charge is 2.37. The molecule has 2 aromatic carbocycles. The van der Waals surface area contributed by atoms with Crippen molar-refractivity contribution in [2.45, 2.75) is 19.3 Å². The topological polar surface area (TPSA) is 9.23 Å². The van der Waals surface area contributed by atoms with Crippen LogP contribution < -0.4 is 4.74 Å². The van der Waals surface area contributed by atoms with Gasteiger partial charge in [-0.3, -0.25) is 0 Å². The van der Waals surface area contributed by atoms with Gasteiger partial charge in [0.05, 0.1) is 11.1 Å². The molecule has 0 aliphatic heterocycles. The number of benzene rings is 2. The third kappa shape index (κ3) is 3.95. The molecule has 9 heteroatoms. The maximum absolute atomic E-state index is 13.6. The van der Waals surface area contributed by atoms with E-state index in [4.69, 9.17) is 4.74 Å². The number of hydrogen-bond acceptors (Lipinski definition) is 1. The molecular weight excluding hydrogens is 348 g/mol. The van der Waals surface area contributed by atoms with Crippen molar-refractivity contribution in [3.63, 3.8) is 0 Å². The van der Waals surface area contributed by atoms with Gasteiger partial charge in [-0.05, 0) is 36.8 Å². The van der Waals surface area contributed by atoms with Crippen molar-refractivity contribution in [1.82, 2.24) is 0 Å². The summed E-state index contributed by atoms with van der Waals surface area (Å²) in [4.78, 5) is 0. The smallest absolute Gasteiger partial charge is 0.416 e. The normalized spacial score (nSPS) is 12.4. The molecule has 0 amide bonds. The summed E-state index contributed by atoms with van der Waals surface area (Å²) in [6.07, 6.45) is -10.1. The molecule has 0 fully saturated rings. The maximum Gasteiger partial charge on any atom is 0.416 e. The van der Waals surface area contributed by atoms with Gasteiger partial charge in [0.25, 0.3) is 0 Å². The summed E-state index contributed by atoms with van der Waals surface area (Å²) in [5.41, 5.74) is -3.35. The highest BCUT2D eigenvalue weighted by atomic mass is 19.4. The number of alkyl halides is 6. The number of rotatable bonds is 2. The van der Waals surface area contributed by atoms with Gasteiger partial charge in [-0.1, -0.05) is 0 Å². The number of halogens is 8. The molecule has 0 aliphatic rings. The summed E-state index contributed by atoms with van der Waals surface area (Å²) in [6, 6.07) is 1.69. The van der Waals surface area contributed by atoms with Gasteiger partial charge in [-0.25, -0.2) is 8.78 Å². The van der Waals surface area contributed by atoms with Crippen molar-refractivity contribution in [2.24, 2.45) is 0 Å². The minimum absolute atomic E-state index is 0.0973. The van der Waals surface area contributed by atoms with Crippen LogP contribution in [0.4, 0.5) is 35.1 Å². The van der Waals surface area contributed by atoms with Crippen molar-refractivity contribution >= 4 is 0 Å². The molecule has 0 saturated heterocycles. The molecule has 0 aliphatic carbocycles. The molecule has 24 heavy (non-hydrogen) atoms. The molecule has 0 unspecified atom stereocenters. The lowest BCUT2D eigenvalue weighted by Gasteiger charge is -2.15. The Bertz CT molecular complexity index is 729. The van der Waals surface area contributed by atoms with Crippen molar-refractivity contribution in [1.29, 1.82) is 0 Å². The van der Waals surface area contributed by atoms with Crippen molar-refractivity contribution in [2.75, 3.05) is 0 Å². The molecule has 1 nitrogen and oxygen atoms in total. The molecule has 0 saturated carbocycles. The molecule has 2 rings (SSSR count). The minimum atomic E-state index is -5.07. The molecule has 0 spiro atoms. The van der Waals surface area contributed by atoms with Crippen LogP contribution in [0.15, 0.2) is 30.3 Å². The Morgan fingerprint density at radius 3 is 1.67 bits per heavy atom. The van der Waals surface area contributed by atoms with Crippen LogP contribution in [-0.2, 0) is 12.4 Å². The van der Waals surface area contributed by atoms with E-state index in [2.05, 4.69) is 0 Å². The fraction of sp³-hybridized carbons (Fsp3) is 0.200. The molecule has 0 radical (unpaired) electrons. The molecule has 0 N–H and O–H groups in total. The Balaban J connectivity index is 2.52. The maximum atomic E-state index is 13.6. The zero-order chi connectivity index (χ0) is 18.3. The predicted octanol–water partition coefficient (Wildman–Crippen LogP) is 6.10. The molecular formula is C15H8F8O. The van der Waals surface area contributed by atoms with Crippen molar-refractivity contribution in [3.8, 4) is 11.5 Å². The van der Waals surface area contributed by atoms with E-state index in [0.717, 1.165) is 0 Å². The van der Waals surface area contributed by atoms with Gasteiger partial charge < -0.3 is 4.74 Å². The van der Waals surface area contributed by atoms with Gasteiger partial charge in [-0.2, -0.15) is 26.3 Å². The molecule has 2 aromatic rings. The van der Waals surface area contributed by atoms with E-state index in [0.29, 0.717) is 12.1 Å². The van der Waals surface area contributed by atoms with Gasteiger partial charge in [0.15, 0.2) is 11.6 Å². The van der Waals surface area contributed by atoms with Crippen LogP contribution in [0.2, 0.25) is 0 Å². The van der Waals surface area contributed by atoms with E-state index in [1.807, 2.05) is 0 Å². The Hall–Kier alpha value is -2.32. The van der Waals surface area contributed by atoms with Gasteiger partial charge in [0.2, 0.25) is 0 Å². The number of ether oxygens (including phenoxy) is 1.